The lowest BCUT2D eigenvalue weighted by atomic mass is 10.1. The molecule has 1 atom stereocenters. The van der Waals surface area contributed by atoms with E-state index < -0.39 is 0 Å². The number of hydrogen-bond acceptors (Lipinski definition) is 3. The van der Waals surface area contributed by atoms with Crippen LogP contribution in [-0.2, 0) is 0 Å². The molecule has 3 nitrogen and oxygen atoms in total. The normalized spacial score (nSPS) is 23.7. The molecule has 1 unspecified atom stereocenters. The van der Waals surface area contributed by atoms with Crippen molar-refractivity contribution in [1.82, 2.24) is 15.1 Å². The molecule has 2 rings (SSSR count). The van der Waals surface area contributed by atoms with E-state index in [4.69, 9.17) is 0 Å². The van der Waals surface area contributed by atoms with E-state index in [1.165, 1.54) is 71.2 Å². The SMILES string of the molecule is CCCCCC(C)NCCN1CCN(C2CC2)CC1. The summed E-state index contributed by atoms with van der Waals surface area (Å²) in [5.74, 6) is 0. The van der Waals surface area contributed by atoms with Gasteiger partial charge in [-0.05, 0) is 26.2 Å². The molecule has 0 bridgehead atoms. The Balaban J connectivity index is 1.47. The maximum Gasteiger partial charge on any atom is 0.0113 e. The zero-order chi connectivity index (χ0) is 13.5. The topological polar surface area (TPSA) is 18.5 Å². The Morgan fingerprint density at radius 1 is 1.11 bits per heavy atom. The van der Waals surface area contributed by atoms with Crippen LogP contribution in [0.4, 0.5) is 0 Å². The second kappa shape index (κ2) is 8.23. The van der Waals surface area contributed by atoms with Gasteiger partial charge in [0.25, 0.3) is 0 Å². The lowest BCUT2D eigenvalue weighted by Gasteiger charge is -2.35. The summed E-state index contributed by atoms with van der Waals surface area (Å²) >= 11 is 0. The van der Waals surface area contributed by atoms with Crippen molar-refractivity contribution in [2.24, 2.45) is 0 Å². The van der Waals surface area contributed by atoms with Crippen LogP contribution in [0.5, 0.6) is 0 Å². The highest BCUT2D eigenvalue weighted by Gasteiger charge is 2.30. The van der Waals surface area contributed by atoms with E-state index in [9.17, 15) is 0 Å². The summed E-state index contributed by atoms with van der Waals surface area (Å²) in [6, 6.07) is 1.65. The number of piperazine rings is 1. The number of nitrogens with zero attached hydrogens (tertiary/aromatic N) is 2. The first kappa shape index (κ1) is 15.3. The molecule has 0 aromatic rings. The van der Waals surface area contributed by atoms with Crippen molar-refractivity contribution >= 4 is 0 Å². The van der Waals surface area contributed by atoms with Crippen molar-refractivity contribution in [2.45, 2.75) is 64.5 Å². The zero-order valence-electron chi connectivity index (χ0n) is 13.0. The predicted molar refractivity (Wildman–Crippen MR) is 82.6 cm³/mol. The Labute approximate surface area is 119 Å². The highest BCUT2D eigenvalue weighted by atomic mass is 15.3. The molecule has 112 valence electrons. The Hall–Kier alpha value is -0.120. The van der Waals surface area contributed by atoms with Crippen LogP contribution in [0.3, 0.4) is 0 Å². The predicted octanol–water partition coefficient (Wildman–Crippen LogP) is 2.32. The minimum Gasteiger partial charge on any atom is -0.313 e. The van der Waals surface area contributed by atoms with Gasteiger partial charge in [0.05, 0.1) is 0 Å². The summed E-state index contributed by atoms with van der Waals surface area (Å²) in [6.07, 6.45) is 8.34. The maximum atomic E-state index is 3.68. The van der Waals surface area contributed by atoms with Crippen molar-refractivity contribution < 1.29 is 0 Å². The fourth-order valence-corrected chi connectivity index (χ4v) is 3.06. The summed E-state index contributed by atoms with van der Waals surface area (Å²) in [5, 5.41) is 3.68. The summed E-state index contributed by atoms with van der Waals surface area (Å²) in [4.78, 5) is 5.32. The Morgan fingerprint density at radius 3 is 2.47 bits per heavy atom. The van der Waals surface area contributed by atoms with Crippen LogP contribution in [0.15, 0.2) is 0 Å². The molecule has 1 heterocycles. The van der Waals surface area contributed by atoms with Crippen molar-refractivity contribution in [2.75, 3.05) is 39.3 Å². The number of nitrogens with one attached hydrogen (secondary N) is 1. The van der Waals surface area contributed by atoms with Gasteiger partial charge in [0.1, 0.15) is 0 Å². The van der Waals surface area contributed by atoms with Crippen LogP contribution in [-0.4, -0.2) is 61.2 Å². The maximum absolute atomic E-state index is 3.68. The van der Waals surface area contributed by atoms with Crippen molar-refractivity contribution in [3.05, 3.63) is 0 Å². The Morgan fingerprint density at radius 2 is 1.84 bits per heavy atom. The molecule has 0 aromatic carbocycles. The van der Waals surface area contributed by atoms with Crippen molar-refractivity contribution in [1.29, 1.82) is 0 Å². The largest absolute Gasteiger partial charge is 0.313 e. The molecule has 1 N–H and O–H groups in total. The molecule has 19 heavy (non-hydrogen) atoms. The van der Waals surface area contributed by atoms with Gasteiger partial charge < -0.3 is 5.32 Å². The lowest BCUT2D eigenvalue weighted by Crippen LogP contribution is -2.49. The number of unbranched alkanes of at least 4 members (excludes halogenated alkanes) is 2. The fourth-order valence-electron chi connectivity index (χ4n) is 3.06. The first-order chi connectivity index (χ1) is 9.29. The van der Waals surface area contributed by atoms with Gasteiger partial charge in [-0.1, -0.05) is 26.2 Å². The summed E-state index contributed by atoms with van der Waals surface area (Å²) in [6.45, 7) is 12.2. The second-order valence-electron chi connectivity index (χ2n) is 6.46. The van der Waals surface area contributed by atoms with Crippen LogP contribution in [0.25, 0.3) is 0 Å². The molecule has 0 amide bonds. The second-order valence-corrected chi connectivity index (χ2v) is 6.46. The van der Waals surface area contributed by atoms with E-state index in [1.807, 2.05) is 0 Å². The minimum absolute atomic E-state index is 0.694. The molecular formula is C16H33N3. The van der Waals surface area contributed by atoms with Gasteiger partial charge in [0.15, 0.2) is 0 Å². The van der Waals surface area contributed by atoms with E-state index in [2.05, 4.69) is 29.0 Å². The number of rotatable bonds is 9. The fraction of sp³-hybridized carbons (Fsp3) is 1.00. The van der Waals surface area contributed by atoms with E-state index in [1.54, 1.807) is 0 Å². The van der Waals surface area contributed by atoms with Crippen LogP contribution in [0.2, 0.25) is 0 Å². The molecular weight excluding hydrogens is 234 g/mol. The van der Waals surface area contributed by atoms with Crippen LogP contribution < -0.4 is 5.32 Å². The van der Waals surface area contributed by atoms with Crippen LogP contribution in [0.1, 0.15) is 52.4 Å². The highest BCUT2D eigenvalue weighted by molar-refractivity contribution is 4.87. The van der Waals surface area contributed by atoms with E-state index in [0.717, 1.165) is 12.6 Å². The molecule has 3 heteroatoms. The van der Waals surface area contributed by atoms with Gasteiger partial charge in [-0.2, -0.15) is 0 Å². The third-order valence-corrected chi connectivity index (χ3v) is 4.63. The first-order valence-electron chi connectivity index (χ1n) is 8.49. The summed E-state index contributed by atoms with van der Waals surface area (Å²) in [5.41, 5.74) is 0. The molecule has 0 aromatic heterocycles. The Bertz CT molecular complexity index is 232. The van der Waals surface area contributed by atoms with Gasteiger partial charge in [0.2, 0.25) is 0 Å². The minimum atomic E-state index is 0.694. The molecule has 1 saturated heterocycles. The van der Waals surface area contributed by atoms with Gasteiger partial charge in [-0.25, -0.2) is 0 Å². The molecule has 1 saturated carbocycles. The van der Waals surface area contributed by atoms with Gasteiger partial charge in [-0.3, -0.25) is 9.80 Å². The van der Waals surface area contributed by atoms with E-state index >= 15 is 0 Å². The van der Waals surface area contributed by atoms with Crippen molar-refractivity contribution in [3.8, 4) is 0 Å². The summed E-state index contributed by atoms with van der Waals surface area (Å²) in [7, 11) is 0. The average molecular weight is 267 g/mol. The first-order valence-corrected chi connectivity index (χ1v) is 8.49. The Kier molecular flexibility index (Phi) is 6.62. The molecule has 2 fully saturated rings. The average Bonchev–Trinajstić information content (AvgIpc) is 3.24. The van der Waals surface area contributed by atoms with Gasteiger partial charge in [0, 0.05) is 51.4 Å². The van der Waals surface area contributed by atoms with Crippen LogP contribution in [0, 0.1) is 0 Å². The molecule has 1 aliphatic carbocycles. The van der Waals surface area contributed by atoms with E-state index in [0.29, 0.717) is 6.04 Å². The standard InChI is InChI=1S/C16H33N3/c1-3-4-5-6-15(2)17-9-10-18-11-13-19(14-12-18)16-7-8-16/h15-17H,3-14H2,1-2H3. The van der Waals surface area contributed by atoms with Crippen LogP contribution >= 0.6 is 0 Å². The van der Waals surface area contributed by atoms with Gasteiger partial charge >= 0.3 is 0 Å². The van der Waals surface area contributed by atoms with E-state index in [-0.39, 0.29) is 0 Å². The monoisotopic (exact) mass is 267 g/mol. The lowest BCUT2D eigenvalue weighted by molar-refractivity contribution is 0.126. The van der Waals surface area contributed by atoms with Gasteiger partial charge in [-0.15, -0.1) is 0 Å². The molecule has 0 radical (unpaired) electrons. The highest BCUT2D eigenvalue weighted by Crippen LogP contribution is 2.27. The third-order valence-electron chi connectivity index (χ3n) is 4.63. The zero-order valence-corrected chi connectivity index (χ0v) is 13.0. The number of hydrogen-bond donors (Lipinski definition) is 1. The summed E-state index contributed by atoms with van der Waals surface area (Å²) < 4.78 is 0. The van der Waals surface area contributed by atoms with Crippen molar-refractivity contribution in [3.63, 3.8) is 0 Å². The quantitative estimate of drug-likeness (QED) is 0.647. The molecule has 0 spiro atoms. The third kappa shape index (κ3) is 5.80. The molecule has 1 aliphatic heterocycles. The smallest absolute Gasteiger partial charge is 0.0113 e. The molecule has 2 aliphatic rings.